The summed E-state index contributed by atoms with van der Waals surface area (Å²) in [5.41, 5.74) is 0. The van der Waals surface area contributed by atoms with Gasteiger partial charge in [0.15, 0.2) is 0 Å². The van der Waals surface area contributed by atoms with Gasteiger partial charge in [-0.2, -0.15) is 12.6 Å². The van der Waals surface area contributed by atoms with Crippen molar-refractivity contribution >= 4 is 12.6 Å². The number of nitrogens with one attached hydrogen (secondary N) is 1. The minimum Gasteiger partial charge on any atom is -0.492 e. The molecule has 2 nitrogen and oxygen atoms in total. The normalized spacial score (nSPS) is 9.92. The molecule has 0 aliphatic carbocycles. The van der Waals surface area contributed by atoms with Crippen molar-refractivity contribution in [3.8, 4) is 5.75 Å². The Labute approximate surface area is 84.7 Å². The van der Waals surface area contributed by atoms with Crippen LogP contribution >= 0.6 is 12.6 Å². The van der Waals surface area contributed by atoms with Gasteiger partial charge >= 0.3 is 0 Å². The highest BCUT2D eigenvalue weighted by Crippen LogP contribution is 2.07. The number of ether oxygens (including phenoxy) is 1. The summed E-state index contributed by atoms with van der Waals surface area (Å²) < 4.78 is 5.47. The molecule has 0 aliphatic rings. The smallest absolute Gasteiger partial charge is 0.119 e. The van der Waals surface area contributed by atoms with Crippen LogP contribution in [0.1, 0.15) is 0 Å². The molecule has 0 fully saturated rings. The fourth-order valence-electron chi connectivity index (χ4n) is 0.962. The van der Waals surface area contributed by atoms with E-state index in [0.717, 1.165) is 24.6 Å². The summed E-state index contributed by atoms with van der Waals surface area (Å²) in [7, 11) is 0. The summed E-state index contributed by atoms with van der Waals surface area (Å²) >= 11 is 4.09. The number of hydrogen-bond donors (Lipinski definition) is 2. The van der Waals surface area contributed by atoms with Crippen LogP contribution in [0.5, 0.6) is 5.75 Å². The van der Waals surface area contributed by atoms with Gasteiger partial charge in [-0.05, 0) is 12.1 Å². The van der Waals surface area contributed by atoms with Crippen molar-refractivity contribution in [3.63, 3.8) is 0 Å². The zero-order chi connectivity index (χ0) is 9.36. The molecule has 1 aromatic rings. The standard InChI is InChI=1S/C10H15NOS/c13-9-7-11-6-8-12-10-4-2-1-3-5-10/h1-5,11,13H,6-9H2. The SMILES string of the molecule is SCCNCCOc1ccccc1. The van der Waals surface area contributed by atoms with Crippen molar-refractivity contribution in [1.29, 1.82) is 0 Å². The maximum atomic E-state index is 5.47. The Morgan fingerprint density at radius 3 is 2.62 bits per heavy atom. The van der Waals surface area contributed by atoms with Gasteiger partial charge in [0, 0.05) is 18.8 Å². The van der Waals surface area contributed by atoms with Gasteiger partial charge in [-0.3, -0.25) is 0 Å². The first kappa shape index (κ1) is 10.4. The second kappa shape index (κ2) is 6.80. The molecule has 0 radical (unpaired) electrons. The van der Waals surface area contributed by atoms with Crippen molar-refractivity contribution in [3.05, 3.63) is 30.3 Å². The predicted molar refractivity (Wildman–Crippen MR) is 58.7 cm³/mol. The molecule has 3 heteroatoms. The van der Waals surface area contributed by atoms with Gasteiger partial charge in [-0.25, -0.2) is 0 Å². The highest BCUT2D eigenvalue weighted by molar-refractivity contribution is 7.80. The Kier molecular flexibility index (Phi) is 5.45. The van der Waals surface area contributed by atoms with Crippen LogP contribution in [0.2, 0.25) is 0 Å². The van der Waals surface area contributed by atoms with Crippen LogP contribution in [0, 0.1) is 0 Å². The van der Waals surface area contributed by atoms with Crippen LogP contribution in [0.4, 0.5) is 0 Å². The topological polar surface area (TPSA) is 21.3 Å². The van der Waals surface area contributed by atoms with E-state index in [-0.39, 0.29) is 0 Å². The van der Waals surface area contributed by atoms with Crippen LogP contribution in [0.3, 0.4) is 0 Å². The molecule has 0 heterocycles. The number of thiol groups is 1. The molecule has 1 rings (SSSR count). The lowest BCUT2D eigenvalue weighted by atomic mass is 10.3. The second-order valence-corrected chi connectivity index (χ2v) is 3.08. The maximum absolute atomic E-state index is 5.47. The van der Waals surface area contributed by atoms with Gasteiger partial charge in [0.05, 0.1) is 0 Å². The Morgan fingerprint density at radius 2 is 1.92 bits per heavy atom. The van der Waals surface area contributed by atoms with Crippen molar-refractivity contribution in [2.24, 2.45) is 0 Å². The summed E-state index contributed by atoms with van der Waals surface area (Å²) in [6.07, 6.45) is 0. The summed E-state index contributed by atoms with van der Waals surface area (Å²) in [5.74, 6) is 1.79. The molecule has 1 N–H and O–H groups in total. The first-order chi connectivity index (χ1) is 6.43. The molecule has 0 saturated carbocycles. The Balaban J connectivity index is 2.07. The van der Waals surface area contributed by atoms with Crippen molar-refractivity contribution in [1.82, 2.24) is 5.32 Å². The predicted octanol–water partition coefficient (Wildman–Crippen LogP) is 1.58. The summed E-state index contributed by atoms with van der Waals surface area (Å²) in [6, 6.07) is 9.83. The van der Waals surface area contributed by atoms with E-state index >= 15 is 0 Å². The molecule has 0 aromatic heterocycles. The molecule has 0 atom stereocenters. The zero-order valence-electron chi connectivity index (χ0n) is 7.57. The third kappa shape index (κ3) is 4.80. The highest BCUT2D eigenvalue weighted by atomic mass is 32.1. The van der Waals surface area contributed by atoms with Gasteiger partial charge in [0.2, 0.25) is 0 Å². The van der Waals surface area contributed by atoms with Gasteiger partial charge in [0.1, 0.15) is 12.4 Å². The average molecular weight is 197 g/mol. The average Bonchev–Trinajstić information content (AvgIpc) is 2.19. The number of rotatable bonds is 6. The van der Waals surface area contributed by atoms with Gasteiger partial charge in [-0.1, -0.05) is 18.2 Å². The van der Waals surface area contributed by atoms with Crippen molar-refractivity contribution in [2.75, 3.05) is 25.4 Å². The first-order valence-corrected chi connectivity index (χ1v) is 5.06. The highest BCUT2D eigenvalue weighted by Gasteiger charge is 1.89. The van der Waals surface area contributed by atoms with Gasteiger partial charge in [0.25, 0.3) is 0 Å². The zero-order valence-corrected chi connectivity index (χ0v) is 8.47. The number of hydrogen-bond acceptors (Lipinski definition) is 3. The molecule has 0 unspecified atom stereocenters. The molecular formula is C10H15NOS. The molecule has 0 spiro atoms. The third-order valence-electron chi connectivity index (χ3n) is 1.58. The van der Waals surface area contributed by atoms with Crippen LogP contribution in [0.25, 0.3) is 0 Å². The van der Waals surface area contributed by atoms with Crippen molar-refractivity contribution < 1.29 is 4.74 Å². The third-order valence-corrected chi connectivity index (χ3v) is 1.80. The van der Waals surface area contributed by atoms with Crippen LogP contribution < -0.4 is 10.1 Å². The van der Waals surface area contributed by atoms with Crippen LogP contribution in [-0.4, -0.2) is 25.4 Å². The quantitative estimate of drug-likeness (QED) is 0.534. The summed E-state index contributed by atoms with van der Waals surface area (Å²) in [4.78, 5) is 0. The molecule has 1 aromatic carbocycles. The Hall–Kier alpha value is -0.670. The van der Waals surface area contributed by atoms with E-state index in [4.69, 9.17) is 4.74 Å². The Morgan fingerprint density at radius 1 is 1.15 bits per heavy atom. The van der Waals surface area contributed by atoms with E-state index < -0.39 is 0 Å². The van der Waals surface area contributed by atoms with E-state index in [1.807, 2.05) is 30.3 Å². The summed E-state index contributed by atoms with van der Waals surface area (Å²) in [6.45, 7) is 2.51. The van der Waals surface area contributed by atoms with Gasteiger partial charge in [-0.15, -0.1) is 0 Å². The lowest BCUT2D eigenvalue weighted by molar-refractivity contribution is 0.315. The van der Waals surface area contributed by atoms with Crippen LogP contribution in [0.15, 0.2) is 30.3 Å². The monoisotopic (exact) mass is 197 g/mol. The van der Waals surface area contributed by atoms with Crippen LogP contribution in [-0.2, 0) is 0 Å². The first-order valence-electron chi connectivity index (χ1n) is 4.43. The van der Waals surface area contributed by atoms with Gasteiger partial charge < -0.3 is 10.1 Å². The minimum atomic E-state index is 0.706. The molecule has 0 saturated heterocycles. The van der Waals surface area contributed by atoms with Crippen molar-refractivity contribution in [2.45, 2.75) is 0 Å². The van der Waals surface area contributed by atoms with E-state index in [0.29, 0.717) is 6.61 Å². The fourth-order valence-corrected chi connectivity index (χ4v) is 1.12. The largest absolute Gasteiger partial charge is 0.492 e. The van der Waals surface area contributed by atoms with E-state index in [1.165, 1.54) is 0 Å². The molecule has 0 bridgehead atoms. The molecule has 13 heavy (non-hydrogen) atoms. The molecule has 0 amide bonds. The number of para-hydroxylation sites is 1. The number of benzene rings is 1. The van der Waals surface area contributed by atoms with E-state index in [1.54, 1.807) is 0 Å². The molecule has 72 valence electrons. The molecular weight excluding hydrogens is 182 g/mol. The van der Waals surface area contributed by atoms with E-state index in [9.17, 15) is 0 Å². The Bertz CT molecular complexity index is 215. The maximum Gasteiger partial charge on any atom is 0.119 e. The fraction of sp³-hybridized carbons (Fsp3) is 0.400. The minimum absolute atomic E-state index is 0.706. The summed E-state index contributed by atoms with van der Waals surface area (Å²) in [5, 5.41) is 3.20. The lowest BCUT2D eigenvalue weighted by Gasteiger charge is -2.05. The lowest BCUT2D eigenvalue weighted by Crippen LogP contribution is -2.22. The second-order valence-electron chi connectivity index (χ2n) is 2.64. The molecule has 0 aliphatic heterocycles. The van der Waals surface area contributed by atoms with E-state index in [2.05, 4.69) is 17.9 Å².